The van der Waals surface area contributed by atoms with Crippen LogP contribution in [0.2, 0.25) is 0 Å². The highest BCUT2D eigenvalue weighted by Gasteiger charge is 2.53. The molecule has 1 aromatic heterocycles. The van der Waals surface area contributed by atoms with E-state index >= 15 is 0 Å². The Balaban J connectivity index is 1.23. The van der Waals surface area contributed by atoms with Crippen molar-refractivity contribution < 1.29 is 4.42 Å². The highest BCUT2D eigenvalue weighted by atomic mass is 16.3. The maximum absolute atomic E-state index is 6.75. The van der Waals surface area contributed by atoms with Gasteiger partial charge < -0.3 is 9.32 Å². The van der Waals surface area contributed by atoms with Gasteiger partial charge in [0.25, 0.3) is 0 Å². The third kappa shape index (κ3) is 3.59. The molecule has 0 spiro atoms. The lowest BCUT2D eigenvalue weighted by atomic mass is 9.77. The van der Waals surface area contributed by atoms with E-state index in [4.69, 9.17) is 4.42 Å². The Kier molecular flexibility index (Phi) is 5.46. The first-order chi connectivity index (χ1) is 18.7. The summed E-state index contributed by atoms with van der Waals surface area (Å²) in [5, 5.41) is 0. The number of hydrogen-bond acceptors (Lipinski definition) is 2. The van der Waals surface area contributed by atoms with E-state index in [1.807, 2.05) is 0 Å². The van der Waals surface area contributed by atoms with Gasteiger partial charge in [-0.1, -0.05) is 67.7 Å². The minimum absolute atomic E-state index is 0.472. The van der Waals surface area contributed by atoms with Gasteiger partial charge in [-0.15, -0.1) is 0 Å². The molecule has 1 saturated heterocycles. The molecule has 1 fully saturated rings. The molecule has 0 radical (unpaired) electrons. The molecule has 38 heavy (non-hydrogen) atoms. The van der Waals surface area contributed by atoms with E-state index in [0.29, 0.717) is 35.8 Å². The van der Waals surface area contributed by atoms with Crippen molar-refractivity contribution in [2.75, 3.05) is 4.90 Å². The van der Waals surface area contributed by atoms with Crippen molar-refractivity contribution in [3.63, 3.8) is 0 Å². The molecule has 6 aliphatic rings. The molecule has 0 bridgehead atoms. The average molecular weight is 502 g/mol. The van der Waals surface area contributed by atoms with Crippen LogP contribution < -0.4 is 4.90 Å². The van der Waals surface area contributed by atoms with E-state index in [1.165, 1.54) is 57.9 Å². The topological polar surface area (TPSA) is 16.4 Å². The van der Waals surface area contributed by atoms with Crippen LogP contribution in [0.15, 0.2) is 71.2 Å². The summed E-state index contributed by atoms with van der Waals surface area (Å²) in [6.45, 7) is 2.37. The van der Waals surface area contributed by atoms with Crippen molar-refractivity contribution in [2.45, 2.75) is 88.6 Å². The Labute approximate surface area is 227 Å². The molecule has 8 rings (SSSR count). The number of fused-ring (bicyclic) bond motifs is 7. The molecule has 194 valence electrons. The summed E-state index contributed by atoms with van der Waals surface area (Å²) >= 11 is 0. The number of nitrogens with zero attached hydrogens (tertiary/aromatic N) is 1. The molecule has 2 heterocycles. The highest BCUT2D eigenvalue weighted by Crippen LogP contribution is 2.55. The minimum Gasteiger partial charge on any atom is -0.465 e. The fourth-order valence-electron chi connectivity index (χ4n) is 8.59. The Morgan fingerprint density at radius 1 is 0.868 bits per heavy atom. The molecule has 0 N–H and O–H groups in total. The summed E-state index contributed by atoms with van der Waals surface area (Å²) in [5.74, 6) is 4.86. The number of aryl methyl sites for hydroxylation is 1. The van der Waals surface area contributed by atoms with Crippen LogP contribution in [-0.4, -0.2) is 12.1 Å². The second-order valence-electron chi connectivity index (χ2n) is 12.6. The molecule has 2 nitrogen and oxygen atoms in total. The molecular weight excluding hydrogens is 462 g/mol. The molecule has 2 heteroatoms. The van der Waals surface area contributed by atoms with Gasteiger partial charge in [-0.05, 0) is 92.0 Å². The Hall–Kier alpha value is -3.00. The fraction of sp³-hybridized carbons (Fsp3) is 0.444. The van der Waals surface area contributed by atoms with Crippen LogP contribution in [0.5, 0.6) is 0 Å². The van der Waals surface area contributed by atoms with Crippen LogP contribution in [0.1, 0.15) is 97.5 Å². The number of anilines is 1. The van der Waals surface area contributed by atoms with Gasteiger partial charge in [0.05, 0.1) is 0 Å². The summed E-state index contributed by atoms with van der Waals surface area (Å²) in [5.41, 5.74) is 8.75. The van der Waals surface area contributed by atoms with E-state index in [-0.39, 0.29) is 0 Å². The summed E-state index contributed by atoms with van der Waals surface area (Å²) in [6.07, 6.45) is 32.1. The largest absolute Gasteiger partial charge is 0.465 e. The third-order valence-electron chi connectivity index (χ3n) is 10.3. The van der Waals surface area contributed by atoms with E-state index < -0.39 is 0 Å². The summed E-state index contributed by atoms with van der Waals surface area (Å²) in [4.78, 5) is 2.86. The van der Waals surface area contributed by atoms with Gasteiger partial charge >= 0.3 is 0 Å². The SMILES string of the molecule is C[C@H]1C=CCC(c2cc(C3=CCCC=C3)cc(N3C4CC=CC4C4c5oc6c(c5CCC43)C=CCC6)c2)C1. The first kappa shape index (κ1) is 22.9. The first-order valence-corrected chi connectivity index (χ1v) is 15.2. The van der Waals surface area contributed by atoms with Crippen molar-refractivity contribution in [1.82, 2.24) is 0 Å². The predicted molar refractivity (Wildman–Crippen MR) is 157 cm³/mol. The summed E-state index contributed by atoms with van der Waals surface area (Å²) in [6, 6.07) is 8.68. The zero-order valence-electron chi connectivity index (χ0n) is 22.6. The maximum atomic E-state index is 6.75. The van der Waals surface area contributed by atoms with Crippen LogP contribution in [0, 0.1) is 11.8 Å². The Bertz CT molecular complexity index is 1410. The van der Waals surface area contributed by atoms with E-state index in [1.54, 1.807) is 0 Å². The Morgan fingerprint density at radius 3 is 2.68 bits per heavy atom. The second-order valence-corrected chi connectivity index (χ2v) is 12.6. The highest BCUT2D eigenvalue weighted by molar-refractivity contribution is 5.78. The fourth-order valence-corrected chi connectivity index (χ4v) is 8.59. The van der Waals surface area contributed by atoms with Gasteiger partial charge in [0.15, 0.2) is 0 Å². The summed E-state index contributed by atoms with van der Waals surface area (Å²) in [7, 11) is 0. The normalized spacial score (nSPS) is 32.7. The van der Waals surface area contributed by atoms with Gasteiger partial charge in [-0.2, -0.15) is 0 Å². The van der Waals surface area contributed by atoms with Crippen LogP contribution in [0.4, 0.5) is 5.69 Å². The average Bonchev–Trinajstić information content (AvgIpc) is 3.65. The van der Waals surface area contributed by atoms with Gasteiger partial charge in [-0.3, -0.25) is 0 Å². The first-order valence-electron chi connectivity index (χ1n) is 15.2. The van der Waals surface area contributed by atoms with Gasteiger partial charge in [0.2, 0.25) is 0 Å². The van der Waals surface area contributed by atoms with Gasteiger partial charge in [0.1, 0.15) is 11.5 Å². The van der Waals surface area contributed by atoms with E-state index in [9.17, 15) is 0 Å². The number of allylic oxidation sites excluding steroid dienone is 7. The Morgan fingerprint density at radius 2 is 1.79 bits per heavy atom. The lowest BCUT2D eigenvalue weighted by molar-refractivity contribution is 0.362. The molecule has 5 aliphatic carbocycles. The molecule has 5 unspecified atom stereocenters. The van der Waals surface area contributed by atoms with Crippen molar-refractivity contribution in [3.8, 4) is 0 Å². The van der Waals surface area contributed by atoms with Crippen LogP contribution in [0.25, 0.3) is 11.6 Å². The molecule has 0 amide bonds. The molecule has 0 saturated carbocycles. The van der Waals surface area contributed by atoms with Gasteiger partial charge in [-0.25, -0.2) is 0 Å². The monoisotopic (exact) mass is 501 g/mol. The molecule has 2 aromatic rings. The van der Waals surface area contributed by atoms with Crippen molar-refractivity contribution >= 4 is 17.3 Å². The number of furan rings is 1. The third-order valence-corrected chi connectivity index (χ3v) is 10.3. The molecule has 1 aromatic carbocycles. The number of benzene rings is 1. The number of hydrogen-bond donors (Lipinski definition) is 0. The lowest BCUT2D eigenvalue weighted by Gasteiger charge is -2.36. The zero-order chi connectivity index (χ0) is 25.2. The quantitative estimate of drug-likeness (QED) is 0.390. The van der Waals surface area contributed by atoms with Crippen molar-refractivity contribution in [2.24, 2.45) is 11.8 Å². The minimum atomic E-state index is 0.472. The van der Waals surface area contributed by atoms with E-state index in [2.05, 4.69) is 84.7 Å². The standard InChI is InChI=1S/C36H39NO/c1-23-9-7-12-25(19-23)27-20-26(24-10-3-2-4-11-24)21-28(22-27)37-32-15-8-14-31(32)35-33(37)18-17-30-29-13-5-6-16-34(29)38-36(30)35/h3,5,7-11,13-14,20-23,25,31-33,35H,2,4,6,12,15-19H2,1H3/t23-,25?,31?,32?,33?,35?/m0/s1. The van der Waals surface area contributed by atoms with Crippen molar-refractivity contribution in [1.29, 1.82) is 0 Å². The van der Waals surface area contributed by atoms with Crippen LogP contribution in [-0.2, 0) is 12.8 Å². The van der Waals surface area contributed by atoms with Crippen LogP contribution in [0.3, 0.4) is 0 Å². The predicted octanol–water partition coefficient (Wildman–Crippen LogP) is 8.91. The molecule has 1 aliphatic heterocycles. The zero-order valence-corrected chi connectivity index (χ0v) is 22.6. The van der Waals surface area contributed by atoms with Crippen LogP contribution >= 0.6 is 0 Å². The summed E-state index contributed by atoms with van der Waals surface area (Å²) < 4.78 is 6.75. The second kappa shape index (κ2) is 9.04. The van der Waals surface area contributed by atoms with Crippen molar-refractivity contribution in [3.05, 3.63) is 101 Å². The molecule has 6 atom stereocenters. The molecular formula is C36H39NO. The smallest absolute Gasteiger partial charge is 0.113 e. The van der Waals surface area contributed by atoms with Gasteiger partial charge in [0, 0.05) is 47.2 Å². The lowest BCUT2D eigenvalue weighted by Crippen LogP contribution is -2.39. The maximum Gasteiger partial charge on any atom is 0.113 e. The van der Waals surface area contributed by atoms with E-state index in [0.717, 1.165) is 44.9 Å². The number of rotatable bonds is 3.